The maximum absolute atomic E-state index is 12.0. The lowest BCUT2D eigenvalue weighted by Crippen LogP contribution is -2.42. The summed E-state index contributed by atoms with van der Waals surface area (Å²) in [6.07, 6.45) is 0. The number of hydrogen-bond donors (Lipinski definition) is 2. The average Bonchev–Trinajstić information content (AvgIpc) is 2.66. The summed E-state index contributed by atoms with van der Waals surface area (Å²) in [5, 5.41) is 1.91. The van der Waals surface area contributed by atoms with Crippen LogP contribution in [0.1, 0.15) is 21.5 Å². The molecule has 6 heteroatoms. The second-order valence-corrected chi connectivity index (χ2v) is 6.90. The molecule has 1 aromatic heterocycles. The summed E-state index contributed by atoms with van der Waals surface area (Å²) < 4.78 is 0. The Labute approximate surface area is 156 Å². The molecule has 0 radical (unpaired) electrons. The van der Waals surface area contributed by atoms with Crippen LogP contribution >= 0.6 is 11.8 Å². The Balaban J connectivity index is 1.59. The van der Waals surface area contributed by atoms with Crippen LogP contribution in [0.2, 0.25) is 0 Å². The fraction of sp³-hybridized carbons (Fsp3) is 0.150. The molecule has 0 atom stereocenters. The quantitative estimate of drug-likeness (QED) is 0.549. The minimum absolute atomic E-state index is 0.166. The third kappa shape index (κ3) is 4.21. The van der Waals surface area contributed by atoms with Crippen LogP contribution in [0.4, 0.5) is 0 Å². The molecule has 0 saturated heterocycles. The van der Waals surface area contributed by atoms with Crippen LogP contribution in [0.3, 0.4) is 0 Å². The Morgan fingerprint density at radius 1 is 0.962 bits per heavy atom. The van der Waals surface area contributed by atoms with Gasteiger partial charge in [-0.3, -0.25) is 20.4 Å². The molecule has 1 heterocycles. The van der Waals surface area contributed by atoms with Gasteiger partial charge in [-0.1, -0.05) is 48.2 Å². The van der Waals surface area contributed by atoms with E-state index >= 15 is 0 Å². The lowest BCUT2D eigenvalue weighted by atomic mass is 10.1. The van der Waals surface area contributed by atoms with Crippen LogP contribution < -0.4 is 10.9 Å². The van der Waals surface area contributed by atoms with E-state index in [0.29, 0.717) is 5.56 Å². The molecule has 0 saturated carbocycles. The lowest BCUT2D eigenvalue weighted by Gasteiger charge is -2.09. The van der Waals surface area contributed by atoms with E-state index in [2.05, 4.69) is 15.8 Å². The number of para-hydroxylation sites is 1. The normalized spacial score (nSPS) is 10.5. The number of carbonyl (C=O) groups is 2. The fourth-order valence-electron chi connectivity index (χ4n) is 2.57. The number of hydrazine groups is 1. The third-order valence-electron chi connectivity index (χ3n) is 3.93. The fourth-order valence-corrected chi connectivity index (χ4v) is 3.34. The smallest absolute Gasteiger partial charge is 0.269 e. The van der Waals surface area contributed by atoms with Gasteiger partial charge in [0.25, 0.3) is 5.91 Å². The van der Waals surface area contributed by atoms with E-state index in [9.17, 15) is 9.59 Å². The highest BCUT2D eigenvalue weighted by atomic mass is 32.2. The lowest BCUT2D eigenvalue weighted by molar-refractivity contribution is -0.119. The summed E-state index contributed by atoms with van der Waals surface area (Å²) in [4.78, 5) is 28.5. The molecule has 26 heavy (non-hydrogen) atoms. The molecular weight excluding hydrogens is 346 g/mol. The topological polar surface area (TPSA) is 71.1 Å². The monoisotopic (exact) mass is 365 g/mol. The molecule has 0 spiro atoms. The molecule has 2 amide bonds. The number of benzene rings is 2. The summed E-state index contributed by atoms with van der Waals surface area (Å²) in [5.74, 6) is -0.471. The molecule has 0 fully saturated rings. The molecule has 2 N–H and O–H groups in total. The van der Waals surface area contributed by atoms with Crippen molar-refractivity contribution in [3.8, 4) is 0 Å². The van der Waals surface area contributed by atoms with E-state index in [4.69, 9.17) is 0 Å². The number of nitrogens with one attached hydrogen (secondary N) is 2. The summed E-state index contributed by atoms with van der Waals surface area (Å²) in [6, 6.07) is 16.8. The first kappa shape index (κ1) is 17.9. The van der Waals surface area contributed by atoms with Crippen LogP contribution in [-0.4, -0.2) is 22.6 Å². The van der Waals surface area contributed by atoms with Crippen LogP contribution in [0.25, 0.3) is 10.9 Å². The zero-order valence-electron chi connectivity index (χ0n) is 14.6. The summed E-state index contributed by atoms with van der Waals surface area (Å²) in [5.41, 5.74) is 8.51. The maximum atomic E-state index is 12.0. The van der Waals surface area contributed by atoms with Crippen molar-refractivity contribution >= 4 is 34.5 Å². The van der Waals surface area contributed by atoms with E-state index in [1.54, 1.807) is 24.3 Å². The van der Waals surface area contributed by atoms with Crippen LogP contribution in [0.15, 0.2) is 59.6 Å². The number of thioether (sulfide) groups is 1. The Bertz CT molecular complexity index is 958. The number of nitrogens with zero attached hydrogens (tertiary/aromatic N) is 1. The summed E-state index contributed by atoms with van der Waals surface area (Å²) in [6.45, 7) is 4.06. The first-order valence-corrected chi connectivity index (χ1v) is 9.17. The van der Waals surface area contributed by atoms with Crippen molar-refractivity contribution in [1.29, 1.82) is 0 Å². The van der Waals surface area contributed by atoms with Gasteiger partial charge in [-0.25, -0.2) is 4.98 Å². The van der Waals surface area contributed by atoms with E-state index < -0.39 is 0 Å². The zero-order chi connectivity index (χ0) is 18.5. The van der Waals surface area contributed by atoms with Crippen molar-refractivity contribution in [2.75, 3.05) is 5.75 Å². The predicted molar refractivity (Wildman–Crippen MR) is 104 cm³/mol. The minimum atomic E-state index is -0.348. The molecule has 2 aromatic carbocycles. The average molecular weight is 365 g/mol. The standard InChI is InChI=1S/C20H19N3O2S/c1-13-7-6-10-16-14(2)11-18(21-19(13)16)26-12-17(24)22-23-20(25)15-8-4-3-5-9-15/h3-11H,12H2,1-2H3,(H,22,24)(H,23,25). The molecule has 0 unspecified atom stereocenters. The first-order chi connectivity index (χ1) is 12.5. The highest BCUT2D eigenvalue weighted by Gasteiger charge is 2.09. The van der Waals surface area contributed by atoms with Gasteiger partial charge in [0.15, 0.2) is 0 Å². The van der Waals surface area contributed by atoms with Crippen molar-refractivity contribution in [1.82, 2.24) is 15.8 Å². The van der Waals surface area contributed by atoms with Crippen LogP contribution in [0, 0.1) is 13.8 Å². The molecule has 132 valence electrons. The Morgan fingerprint density at radius 2 is 1.73 bits per heavy atom. The number of fused-ring (bicyclic) bond motifs is 1. The van der Waals surface area contributed by atoms with Crippen molar-refractivity contribution in [3.63, 3.8) is 0 Å². The molecular formula is C20H19N3O2S. The summed E-state index contributed by atoms with van der Waals surface area (Å²) in [7, 11) is 0. The molecule has 0 aliphatic carbocycles. The van der Waals surface area contributed by atoms with Crippen molar-refractivity contribution < 1.29 is 9.59 Å². The van der Waals surface area contributed by atoms with Gasteiger partial charge in [-0.15, -0.1) is 0 Å². The number of rotatable bonds is 4. The highest BCUT2D eigenvalue weighted by molar-refractivity contribution is 7.99. The first-order valence-electron chi connectivity index (χ1n) is 8.18. The highest BCUT2D eigenvalue weighted by Crippen LogP contribution is 2.25. The molecule has 3 rings (SSSR count). The van der Waals surface area contributed by atoms with Gasteiger partial charge in [0.1, 0.15) is 0 Å². The molecule has 0 aliphatic heterocycles. The van der Waals surface area contributed by atoms with E-state index in [1.807, 2.05) is 44.2 Å². The maximum Gasteiger partial charge on any atom is 0.269 e. The number of aryl methyl sites for hydroxylation is 2. The van der Waals surface area contributed by atoms with Gasteiger partial charge in [-0.05, 0) is 43.2 Å². The Morgan fingerprint density at radius 3 is 2.50 bits per heavy atom. The predicted octanol–water partition coefficient (Wildman–Crippen LogP) is 3.40. The van der Waals surface area contributed by atoms with Crippen molar-refractivity contribution in [2.45, 2.75) is 18.9 Å². The van der Waals surface area contributed by atoms with Gasteiger partial charge in [0.05, 0.1) is 16.3 Å². The molecule has 0 bridgehead atoms. The number of amides is 2. The second-order valence-electron chi connectivity index (χ2n) is 5.91. The van der Waals surface area contributed by atoms with E-state index in [-0.39, 0.29) is 17.6 Å². The van der Waals surface area contributed by atoms with Crippen molar-refractivity contribution in [3.05, 3.63) is 71.3 Å². The number of hydrogen-bond acceptors (Lipinski definition) is 4. The van der Waals surface area contributed by atoms with Crippen LogP contribution in [-0.2, 0) is 4.79 Å². The third-order valence-corrected chi connectivity index (χ3v) is 4.84. The van der Waals surface area contributed by atoms with Gasteiger partial charge in [0, 0.05) is 10.9 Å². The molecule has 0 aliphatic rings. The van der Waals surface area contributed by atoms with Gasteiger partial charge in [-0.2, -0.15) is 0 Å². The van der Waals surface area contributed by atoms with Gasteiger partial charge >= 0.3 is 0 Å². The number of aromatic nitrogens is 1. The Hall–Kier alpha value is -2.86. The van der Waals surface area contributed by atoms with Gasteiger partial charge < -0.3 is 0 Å². The Kier molecular flexibility index (Phi) is 5.53. The SMILES string of the molecule is Cc1cc(SCC(=O)NNC(=O)c2ccccc2)nc2c(C)cccc12. The molecule has 5 nitrogen and oxygen atoms in total. The number of carbonyl (C=O) groups excluding carboxylic acids is 2. The zero-order valence-corrected chi connectivity index (χ0v) is 15.4. The van der Waals surface area contributed by atoms with Gasteiger partial charge in [0.2, 0.25) is 5.91 Å². The molecule has 3 aromatic rings. The largest absolute Gasteiger partial charge is 0.272 e. The van der Waals surface area contributed by atoms with E-state index in [0.717, 1.165) is 27.1 Å². The van der Waals surface area contributed by atoms with E-state index in [1.165, 1.54) is 11.8 Å². The summed E-state index contributed by atoms with van der Waals surface area (Å²) >= 11 is 1.34. The van der Waals surface area contributed by atoms with Crippen LogP contribution in [0.5, 0.6) is 0 Å². The number of pyridine rings is 1. The minimum Gasteiger partial charge on any atom is -0.272 e. The second kappa shape index (κ2) is 8.01. The van der Waals surface area contributed by atoms with Crippen molar-refractivity contribution in [2.24, 2.45) is 0 Å².